The molecule has 0 aromatic carbocycles. The lowest BCUT2D eigenvalue weighted by molar-refractivity contribution is 0.762. The molecule has 1 N–H and O–H groups in total. The lowest BCUT2D eigenvalue weighted by atomic mass is 10.6. The molecule has 0 aromatic rings. The molecule has 0 rings (SSSR count). The fraction of sp³-hybridized carbons (Fsp3) is 1.00. The SMILES string of the molecule is CCC.CCNCC.[AlH3]. The van der Waals surface area contributed by atoms with Gasteiger partial charge in [-0.2, -0.15) is 0 Å². The predicted octanol–water partition coefficient (Wildman–Crippen LogP) is 0.848. The van der Waals surface area contributed by atoms with Gasteiger partial charge in [0.1, 0.15) is 0 Å². The largest absolute Gasteiger partial charge is 0.317 e. The maximum Gasteiger partial charge on any atom is 0.187 e. The van der Waals surface area contributed by atoms with E-state index >= 15 is 0 Å². The van der Waals surface area contributed by atoms with Crippen LogP contribution in [0.4, 0.5) is 0 Å². The van der Waals surface area contributed by atoms with Gasteiger partial charge in [-0.1, -0.05) is 34.1 Å². The topological polar surface area (TPSA) is 12.0 Å². The van der Waals surface area contributed by atoms with Crippen LogP contribution in [0.2, 0.25) is 0 Å². The molecule has 0 saturated carbocycles. The Labute approximate surface area is 70.4 Å². The maximum absolute atomic E-state index is 3.11. The molecule has 0 aliphatic carbocycles. The summed E-state index contributed by atoms with van der Waals surface area (Å²) >= 11 is 0. The van der Waals surface area contributed by atoms with Gasteiger partial charge in [0.2, 0.25) is 0 Å². The molecule has 2 heteroatoms. The van der Waals surface area contributed by atoms with Crippen molar-refractivity contribution < 1.29 is 0 Å². The Morgan fingerprint density at radius 2 is 1.11 bits per heavy atom. The molecule has 0 amide bonds. The van der Waals surface area contributed by atoms with E-state index in [0.29, 0.717) is 0 Å². The summed E-state index contributed by atoms with van der Waals surface area (Å²) < 4.78 is 0. The van der Waals surface area contributed by atoms with Crippen LogP contribution in [0, 0.1) is 0 Å². The van der Waals surface area contributed by atoms with Crippen LogP contribution in [-0.4, -0.2) is 30.5 Å². The number of hydrogen-bond donors (Lipinski definition) is 1. The van der Waals surface area contributed by atoms with Gasteiger partial charge in [0.15, 0.2) is 17.4 Å². The lowest BCUT2D eigenvalue weighted by Gasteiger charge is -1.86. The Morgan fingerprint density at radius 3 is 1.11 bits per heavy atom. The minimum Gasteiger partial charge on any atom is -0.317 e. The third-order valence-electron chi connectivity index (χ3n) is 0.500. The van der Waals surface area contributed by atoms with Gasteiger partial charge >= 0.3 is 0 Å². The normalized spacial score (nSPS) is 6.67. The quantitative estimate of drug-likeness (QED) is 0.571. The van der Waals surface area contributed by atoms with Crippen LogP contribution in [-0.2, 0) is 0 Å². The molecule has 0 spiro atoms. The average Bonchev–Trinajstić information content (AvgIpc) is 1.71. The van der Waals surface area contributed by atoms with Gasteiger partial charge < -0.3 is 5.32 Å². The fourth-order valence-corrected chi connectivity index (χ4v) is 0.250. The van der Waals surface area contributed by atoms with Crippen LogP contribution in [0.25, 0.3) is 0 Å². The van der Waals surface area contributed by atoms with Crippen molar-refractivity contribution in [3.8, 4) is 0 Å². The van der Waals surface area contributed by atoms with Crippen LogP contribution in [0.1, 0.15) is 34.1 Å². The van der Waals surface area contributed by atoms with Gasteiger partial charge in [-0.15, -0.1) is 0 Å². The highest BCUT2D eigenvalue weighted by atomic mass is 27.0. The van der Waals surface area contributed by atoms with Crippen LogP contribution in [0.3, 0.4) is 0 Å². The second-order valence-corrected chi connectivity index (χ2v) is 1.66. The van der Waals surface area contributed by atoms with Crippen LogP contribution in [0.15, 0.2) is 0 Å². The fourth-order valence-electron chi connectivity index (χ4n) is 0.250. The molecule has 0 aromatic heterocycles. The van der Waals surface area contributed by atoms with E-state index in [1.807, 2.05) is 0 Å². The zero-order chi connectivity index (χ0) is 6.83. The molecule has 0 heterocycles. The summed E-state index contributed by atoms with van der Waals surface area (Å²) in [5, 5.41) is 3.11. The van der Waals surface area contributed by atoms with Crippen molar-refractivity contribution in [1.82, 2.24) is 5.32 Å². The summed E-state index contributed by atoms with van der Waals surface area (Å²) in [6, 6.07) is 0. The Balaban J connectivity index is -0.0000000800. The monoisotopic (exact) mass is 147 g/mol. The van der Waals surface area contributed by atoms with E-state index in [0.717, 1.165) is 13.1 Å². The summed E-state index contributed by atoms with van der Waals surface area (Å²) in [4.78, 5) is 0. The first-order valence-electron chi connectivity index (χ1n) is 3.54. The zero-order valence-electron chi connectivity index (χ0n) is 6.62. The summed E-state index contributed by atoms with van der Waals surface area (Å²) in [5.74, 6) is 0. The lowest BCUT2D eigenvalue weighted by Crippen LogP contribution is -2.09. The van der Waals surface area contributed by atoms with Crippen molar-refractivity contribution in [2.75, 3.05) is 13.1 Å². The van der Waals surface area contributed by atoms with Crippen LogP contribution < -0.4 is 5.32 Å². The van der Waals surface area contributed by atoms with E-state index in [1.54, 1.807) is 0 Å². The molecule has 9 heavy (non-hydrogen) atoms. The maximum atomic E-state index is 3.11. The smallest absolute Gasteiger partial charge is 0.187 e. The number of rotatable bonds is 2. The van der Waals surface area contributed by atoms with Crippen molar-refractivity contribution in [2.45, 2.75) is 34.1 Å². The second kappa shape index (κ2) is 23.6. The molecule has 58 valence electrons. The molecule has 1 nitrogen and oxygen atoms in total. The third-order valence-corrected chi connectivity index (χ3v) is 0.500. The van der Waals surface area contributed by atoms with E-state index < -0.39 is 0 Å². The highest BCUT2D eigenvalue weighted by molar-refractivity contribution is 5.75. The molecule has 0 saturated heterocycles. The molecular formula is C7H22AlN. The van der Waals surface area contributed by atoms with Gasteiger partial charge in [-0.25, -0.2) is 0 Å². The Morgan fingerprint density at radius 1 is 0.889 bits per heavy atom. The van der Waals surface area contributed by atoms with E-state index in [9.17, 15) is 0 Å². The van der Waals surface area contributed by atoms with Gasteiger partial charge in [0, 0.05) is 0 Å². The highest BCUT2D eigenvalue weighted by Gasteiger charge is 1.62. The summed E-state index contributed by atoms with van der Waals surface area (Å²) in [5.41, 5.74) is 0. The second-order valence-electron chi connectivity index (χ2n) is 1.66. The van der Waals surface area contributed by atoms with E-state index in [-0.39, 0.29) is 17.4 Å². The van der Waals surface area contributed by atoms with Crippen molar-refractivity contribution >= 4 is 17.4 Å². The molecule has 0 bridgehead atoms. The zero-order valence-corrected chi connectivity index (χ0v) is 6.62. The predicted molar refractivity (Wildman–Crippen MR) is 50.1 cm³/mol. The molecular weight excluding hydrogens is 125 g/mol. The molecule has 0 fully saturated rings. The molecule has 0 aliphatic rings. The number of hydrogen-bond acceptors (Lipinski definition) is 1. The van der Waals surface area contributed by atoms with Crippen LogP contribution >= 0.6 is 0 Å². The van der Waals surface area contributed by atoms with Gasteiger partial charge in [-0.3, -0.25) is 0 Å². The summed E-state index contributed by atoms with van der Waals surface area (Å²) in [6.07, 6.45) is 1.25. The Hall–Kier alpha value is 0.492. The Bertz CT molecular complexity index is 22.9. The van der Waals surface area contributed by atoms with E-state index in [2.05, 4.69) is 33.0 Å². The average molecular weight is 147 g/mol. The number of nitrogens with one attached hydrogen (secondary N) is 1. The first-order valence-corrected chi connectivity index (χ1v) is 3.54. The summed E-state index contributed by atoms with van der Waals surface area (Å²) in [7, 11) is 0. The molecule has 0 atom stereocenters. The highest BCUT2D eigenvalue weighted by Crippen LogP contribution is 1.56. The summed E-state index contributed by atoms with van der Waals surface area (Å²) in [6.45, 7) is 10.6. The minimum atomic E-state index is 0. The molecule has 0 unspecified atom stereocenters. The van der Waals surface area contributed by atoms with Gasteiger partial charge in [0.25, 0.3) is 0 Å². The standard InChI is InChI=1S/C4H11N.C3H8.Al.3H/c1-3-5-4-2;1-3-2;;;;/h5H,3-4H2,1-2H3;3H2,1-2H3;;;;. The third kappa shape index (κ3) is 57.6. The van der Waals surface area contributed by atoms with Crippen molar-refractivity contribution in [3.05, 3.63) is 0 Å². The first kappa shape index (κ1) is 16.2. The van der Waals surface area contributed by atoms with Gasteiger partial charge in [-0.05, 0) is 13.1 Å². The van der Waals surface area contributed by atoms with Crippen molar-refractivity contribution in [3.63, 3.8) is 0 Å². The van der Waals surface area contributed by atoms with Crippen molar-refractivity contribution in [1.29, 1.82) is 0 Å². The molecule has 0 aliphatic heterocycles. The van der Waals surface area contributed by atoms with E-state index in [4.69, 9.17) is 0 Å². The first-order chi connectivity index (χ1) is 3.83. The molecule has 0 radical (unpaired) electrons. The minimum absolute atomic E-state index is 0. The Kier molecular flexibility index (Phi) is 42.6. The van der Waals surface area contributed by atoms with Crippen LogP contribution in [0.5, 0.6) is 0 Å². The van der Waals surface area contributed by atoms with Crippen molar-refractivity contribution in [2.24, 2.45) is 0 Å². The van der Waals surface area contributed by atoms with Gasteiger partial charge in [0.05, 0.1) is 0 Å². The van der Waals surface area contributed by atoms with E-state index in [1.165, 1.54) is 6.42 Å².